The molecule has 3 heterocycles. The molecule has 4 rings (SSSR count). The molecule has 2 saturated heterocycles. The maximum absolute atomic E-state index is 12.2. The van der Waals surface area contributed by atoms with Gasteiger partial charge in [-0.2, -0.15) is 4.98 Å². The van der Waals surface area contributed by atoms with Crippen molar-refractivity contribution >= 4 is 29.9 Å². The molecule has 2 N–H and O–H groups in total. The van der Waals surface area contributed by atoms with Gasteiger partial charge in [-0.05, 0) is 43.7 Å². The van der Waals surface area contributed by atoms with Gasteiger partial charge in [0.1, 0.15) is 0 Å². The Morgan fingerprint density at radius 3 is 2.81 bits per heavy atom. The fourth-order valence-electron chi connectivity index (χ4n) is 4.09. The van der Waals surface area contributed by atoms with E-state index < -0.39 is 0 Å². The van der Waals surface area contributed by atoms with Gasteiger partial charge in [0, 0.05) is 42.1 Å². The van der Waals surface area contributed by atoms with Gasteiger partial charge in [0.05, 0.1) is 0 Å². The summed E-state index contributed by atoms with van der Waals surface area (Å²) in [5.41, 5.74) is 0.817. The molecule has 27 heavy (non-hydrogen) atoms. The Hall–Kier alpha value is -1.63. The molecule has 2 bridgehead atoms. The second-order valence-electron chi connectivity index (χ2n) is 7.30. The van der Waals surface area contributed by atoms with Gasteiger partial charge in [-0.25, -0.2) is 0 Å². The maximum Gasteiger partial charge on any atom is 0.228 e. The first-order valence-electron chi connectivity index (χ1n) is 9.27. The summed E-state index contributed by atoms with van der Waals surface area (Å²) < 4.78 is 5.26. The third-order valence-corrected chi connectivity index (χ3v) is 5.49. The molecule has 0 radical (unpaired) electrons. The number of aromatic nitrogens is 2. The molecular formula is C19H24Cl2N4O2. The minimum atomic E-state index is 0. The Balaban J connectivity index is 0.00000210. The van der Waals surface area contributed by atoms with E-state index in [4.69, 9.17) is 16.1 Å². The van der Waals surface area contributed by atoms with Gasteiger partial charge in [-0.1, -0.05) is 28.9 Å². The molecule has 0 saturated carbocycles. The summed E-state index contributed by atoms with van der Waals surface area (Å²) in [5, 5.41) is 11.2. The van der Waals surface area contributed by atoms with E-state index in [1.165, 1.54) is 12.8 Å². The van der Waals surface area contributed by atoms with Gasteiger partial charge in [0.25, 0.3) is 0 Å². The fraction of sp³-hybridized carbons (Fsp3) is 0.526. The Labute approximate surface area is 169 Å². The van der Waals surface area contributed by atoms with E-state index in [2.05, 4.69) is 20.8 Å². The largest absolute Gasteiger partial charge is 0.356 e. The Kier molecular flexibility index (Phi) is 6.73. The van der Waals surface area contributed by atoms with E-state index in [1.807, 2.05) is 12.1 Å². The smallest absolute Gasteiger partial charge is 0.228 e. The van der Waals surface area contributed by atoms with Crippen LogP contribution in [0.25, 0.3) is 11.4 Å². The zero-order valence-electron chi connectivity index (χ0n) is 15.0. The molecule has 146 valence electrons. The molecule has 0 spiro atoms. The zero-order chi connectivity index (χ0) is 17.9. The van der Waals surface area contributed by atoms with Crippen molar-refractivity contribution in [2.24, 2.45) is 5.92 Å². The molecule has 2 aliphatic heterocycles. The van der Waals surface area contributed by atoms with E-state index in [9.17, 15) is 4.79 Å². The highest BCUT2D eigenvalue weighted by Crippen LogP contribution is 2.32. The van der Waals surface area contributed by atoms with Crippen molar-refractivity contribution in [3.63, 3.8) is 0 Å². The first-order chi connectivity index (χ1) is 12.7. The van der Waals surface area contributed by atoms with Crippen molar-refractivity contribution in [1.82, 2.24) is 20.8 Å². The number of hydrogen-bond donors (Lipinski definition) is 2. The van der Waals surface area contributed by atoms with Crippen molar-refractivity contribution in [1.29, 1.82) is 0 Å². The van der Waals surface area contributed by atoms with Crippen LogP contribution in [0.3, 0.4) is 0 Å². The van der Waals surface area contributed by atoms with Crippen LogP contribution in [0.15, 0.2) is 28.8 Å². The van der Waals surface area contributed by atoms with Crippen LogP contribution in [-0.2, 0) is 11.2 Å². The van der Waals surface area contributed by atoms with Crippen molar-refractivity contribution in [3.05, 3.63) is 35.2 Å². The summed E-state index contributed by atoms with van der Waals surface area (Å²) >= 11 is 5.98. The highest BCUT2D eigenvalue weighted by atomic mass is 35.5. The molecule has 1 amide bonds. The summed E-state index contributed by atoms with van der Waals surface area (Å²) in [4.78, 5) is 16.6. The average molecular weight is 411 g/mol. The average Bonchev–Trinajstić information content (AvgIpc) is 3.21. The topological polar surface area (TPSA) is 80.0 Å². The van der Waals surface area contributed by atoms with Crippen molar-refractivity contribution < 1.29 is 9.32 Å². The summed E-state index contributed by atoms with van der Waals surface area (Å²) in [6, 6.07) is 8.57. The van der Waals surface area contributed by atoms with E-state index >= 15 is 0 Å². The van der Waals surface area contributed by atoms with Gasteiger partial charge >= 0.3 is 0 Å². The Bertz CT molecular complexity index is 771. The molecule has 1 aromatic heterocycles. The van der Waals surface area contributed by atoms with Crippen LogP contribution < -0.4 is 10.6 Å². The molecule has 0 aliphatic carbocycles. The predicted octanol–water partition coefficient (Wildman–Crippen LogP) is 3.39. The summed E-state index contributed by atoms with van der Waals surface area (Å²) in [6.45, 7) is 0.508. The number of amides is 1. The molecule has 2 atom stereocenters. The number of nitrogens with zero attached hydrogens (tertiary/aromatic N) is 2. The van der Waals surface area contributed by atoms with Crippen LogP contribution in [0.5, 0.6) is 0 Å². The number of fused-ring (bicyclic) bond motifs is 2. The standard InChI is InChI=1S/C19H23ClN4O2.ClH/c20-14-3-1-2-13(11-14)19-23-18(26-24-19)6-7-21-17(25)10-12-8-15-4-5-16(9-12)22-15;/h1-3,11-12,15-16,22H,4-10H2,(H,21,25);1H. The highest BCUT2D eigenvalue weighted by molar-refractivity contribution is 6.30. The Morgan fingerprint density at radius 2 is 2.07 bits per heavy atom. The van der Waals surface area contributed by atoms with Crippen LogP contribution in [0, 0.1) is 5.92 Å². The molecular weight excluding hydrogens is 387 g/mol. The number of halogens is 2. The van der Waals surface area contributed by atoms with Gasteiger partial charge in [0.15, 0.2) is 0 Å². The lowest BCUT2D eigenvalue weighted by Crippen LogP contribution is -2.39. The fourth-order valence-corrected chi connectivity index (χ4v) is 4.28. The van der Waals surface area contributed by atoms with Crippen LogP contribution in [0.1, 0.15) is 38.0 Å². The van der Waals surface area contributed by atoms with Crippen molar-refractivity contribution in [3.8, 4) is 11.4 Å². The third kappa shape index (κ3) is 5.21. The first kappa shape index (κ1) is 20.1. The molecule has 6 nitrogen and oxygen atoms in total. The van der Waals surface area contributed by atoms with E-state index in [-0.39, 0.29) is 18.3 Å². The number of rotatable bonds is 6. The van der Waals surface area contributed by atoms with Crippen LogP contribution >= 0.6 is 24.0 Å². The lowest BCUT2D eigenvalue weighted by atomic mass is 9.89. The van der Waals surface area contributed by atoms with E-state index in [0.29, 0.717) is 54.1 Å². The van der Waals surface area contributed by atoms with E-state index in [0.717, 1.165) is 18.4 Å². The third-order valence-electron chi connectivity index (χ3n) is 5.26. The molecule has 2 aliphatic rings. The second kappa shape index (κ2) is 9.04. The number of piperidine rings is 1. The first-order valence-corrected chi connectivity index (χ1v) is 9.65. The van der Waals surface area contributed by atoms with Gasteiger partial charge < -0.3 is 15.2 Å². The van der Waals surface area contributed by atoms with Crippen LogP contribution in [0.2, 0.25) is 5.02 Å². The second-order valence-corrected chi connectivity index (χ2v) is 7.74. The van der Waals surface area contributed by atoms with Crippen molar-refractivity contribution in [2.45, 2.75) is 50.6 Å². The quantitative estimate of drug-likeness (QED) is 0.762. The number of carbonyl (C=O) groups is 1. The lowest BCUT2D eigenvalue weighted by molar-refractivity contribution is -0.122. The number of benzene rings is 1. The highest BCUT2D eigenvalue weighted by Gasteiger charge is 2.34. The summed E-state index contributed by atoms with van der Waals surface area (Å²) in [6.07, 6.45) is 5.90. The monoisotopic (exact) mass is 410 g/mol. The molecule has 2 aromatic rings. The molecule has 2 fully saturated rings. The summed E-state index contributed by atoms with van der Waals surface area (Å²) in [5.74, 6) is 1.65. The minimum Gasteiger partial charge on any atom is -0.356 e. The number of nitrogens with one attached hydrogen (secondary N) is 2. The van der Waals surface area contributed by atoms with Crippen LogP contribution in [0.4, 0.5) is 0 Å². The van der Waals surface area contributed by atoms with Gasteiger partial charge in [-0.15, -0.1) is 12.4 Å². The number of hydrogen-bond acceptors (Lipinski definition) is 5. The lowest BCUT2D eigenvalue weighted by Gasteiger charge is -2.28. The minimum absolute atomic E-state index is 0. The normalized spacial score (nSPS) is 23.7. The molecule has 8 heteroatoms. The zero-order valence-corrected chi connectivity index (χ0v) is 16.6. The van der Waals surface area contributed by atoms with Crippen LogP contribution in [-0.4, -0.2) is 34.7 Å². The summed E-state index contributed by atoms with van der Waals surface area (Å²) in [7, 11) is 0. The van der Waals surface area contributed by atoms with E-state index in [1.54, 1.807) is 12.1 Å². The molecule has 1 aromatic carbocycles. The van der Waals surface area contributed by atoms with Gasteiger partial charge in [0.2, 0.25) is 17.6 Å². The number of carbonyl (C=O) groups excluding carboxylic acids is 1. The SMILES string of the molecule is Cl.O=C(CC1CC2CCC(C1)N2)NCCc1nc(-c2cccc(Cl)c2)no1. The predicted molar refractivity (Wildman–Crippen MR) is 106 cm³/mol. The van der Waals surface area contributed by atoms with Crippen molar-refractivity contribution in [2.75, 3.05) is 6.54 Å². The van der Waals surface area contributed by atoms with Gasteiger partial charge in [-0.3, -0.25) is 4.79 Å². The maximum atomic E-state index is 12.2. The molecule has 2 unspecified atom stereocenters. The Morgan fingerprint density at radius 1 is 1.30 bits per heavy atom.